The Balaban J connectivity index is 1.50. The Kier molecular flexibility index (Phi) is 11.0. The normalized spacial score (nSPS) is 33.7. The van der Waals surface area contributed by atoms with Crippen molar-refractivity contribution in [1.29, 1.82) is 0 Å². The average molecular weight is 792 g/mol. The Morgan fingerprint density at radius 1 is 0.877 bits per heavy atom. The maximum atomic E-state index is 15.2. The van der Waals surface area contributed by atoms with Gasteiger partial charge in [-0.25, -0.2) is 4.79 Å². The van der Waals surface area contributed by atoms with Crippen LogP contribution in [-0.2, 0) is 47.7 Å². The number of rotatable bonds is 9. The first-order valence-corrected chi connectivity index (χ1v) is 18.8. The first-order valence-electron chi connectivity index (χ1n) is 18.8. The number of amides is 1. The van der Waals surface area contributed by atoms with Gasteiger partial charge in [0.1, 0.15) is 23.9 Å². The highest BCUT2D eigenvalue weighted by atomic mass is 16.6. The van der Waals surface area contributed by atoms with Crippen LogP contribution in [0.3, 0.4) is 0 Å². The van der Waals surface area contributed by atoms with Crippen molar-refractivity contribution in [1.82, 2.24) is 5.32 Å². The van der Waals surface area contributed by atoms with E-state index in [4.69, 9.17) is 23.7 Å². The summed E-state index contributed by atoms with van der Waals surface area (Å²) in [4.78, 5) is 81.3. The van der Waals surface area contributed by atoms with Gasteiger partial charge >= 0.3 is 23.9 Å². The third kappa shape index (κ3) is 6.83. The summed E-state index contributed by atoms with van der Waals surface area (Å²) >= 11 is 0. The molecular formula is C42H49NO14. The van der Waals surface area contributed by atoms with Crippen LogP contribution in [0.4, 0.5) is 0 Å². The molecule has 15 nitrogen and oxygen atoms in total. The fourth-order valence-corrected chi connectivity index (χ4v) is 9.60. The second-order valence-electron chi connectivity index (χ2n) is 16.2. The maximum Gasteiger partial charge on any atom is 0.338 e. The molecule has 1 heterocycles. The highest BCUT2D eigenvalue weighted by Gasteiger charge is 2.78. The molecule has 2 bridgehead atoms. The minimum Gasteiger partial charge on any atom is -0.459 e. The van der Waals surface area contributed by atoms with E-state index < -0.39 is 113 Å². The quantitative estimate of drug-likeness (QED) is 0.163. The molecule has 1 saturated heterocycles. The second kappa shape index (κ2) is 15.1. The van der Waals surface area contributed by atoms with E-state index in [0.29, 0.717) is 5.56 Å². The minimum absolute atomic E-state index is 0.0123. The summed E-state index contributed by atoms with van der Waals surface area (Å²) in [5, 5.41) is 39.5. The lowest BCUT2D eigenvalue weighted by Gasteiger charge is -2.67. The number of aliphatic hydroxyl groups is 3. The molecule has 4 N–H and O–H groups in total. The Bertz CT molecular complexity index is 1980. The molecule has 0 aromatic heterocycles. The molecule has 11 atom stereocenters. The van der Waals surface area contributed by atoms with Crippen LogP contribution in [0.25, 0.3) is 0 Å². The van der Waals surface area contributed by atoms with Crippen LogP contribution in [0, 0.1) is 16.7 Å². The number of Topliss-reactive ketones (excluding diaryl/α,β-unsaturated/α-hetero) is 1. The molecule has 2 saturated carbocycles. The van der Waals surface area contributed by atoms with Gasteiger partial charge in [-0.1, -0.05) is 62.4 Å². The number of hydrogen-bond donors (Lipinski definition) is 4. The van der Waals surface area contributed by atoms with Crippen LogP contribution in [0.15, 0.2) is 71.8 Å². The molecule has 0 radical (unpaired) electrons. The zero-order chi connectivity index (χ0) is 41.8. The van der Waals surface area contributed by atoms with Crippen molar-refractivity contribution >= 4 is 35.6 Å². The smallest absolute Gasteiger partial charge is 0.338 e. The number of ether oxygens (including phenoxy) is 5. The number of ketones is 1. The number of fused-ring (bicyclic) bond motifs is 5. The Hall–Kier alpha value is -4.96. The van der Waals surface area contributed by atoms with Gasteiger partial charge in [-0.05, 0) is 42.7 Å². The van der Waals surface area contributed by atoms with E-state index in [1.165, 1.54) is 13.8 Å². The Morgan fingerprint density at radius 3 is 2.02 bits per heavy atom. The summed E-state index contributed by atoms with van der Waals surface area (Å²) in [6, 6.07) is 15.1. The predicted octanol–water partition coefficient (Wildman–Crippen LogP) is 2.44. The van der Waals surface area contributed by atoms with Crippen molar-refractivity contribution in [2.45, 2.75) is 115 Å². The topological polar surface area (TPSA) is 221 Å². The molecule has 1 aliphatic heterocycles. The first-order chi connectivity index (χ1) is 26.7. The van der Waals surface area contributed by atoms with Gasteiger partial charge in [0.15, 0.2) is 23.6 Å². The highest BCUT2D eigenvalue weighted by molar-refractivity contribution is 5.96. The van der Waals surface area contributed by atoms with E-state index >= 15 is 4.79 Å². The largest absolute Gasteiger partial charge is 0.459 e. The Morgan fingerprint density at radius 2 is 1.47 bits per heavy atom. The third-order valence-corrected chi connectivity index (χ3v) is 12.5. The van der Waals surface area contributed by atoms with Gasteiger partial charge in [0.2, 0.25) is 0 Å². The van der Waals surface area contributed by atoms with Crippen molar-refractivity contribution in [2.75, 3.05) is 6.61 Å². The number of aliphatic hydroxyl groups excluding tert-OH is 2. The van der Waals surface area contributed by atoms with Crippen molar-refractivity contribution in [3.63, 3.8) is 0 Å². The molecule has 15 heteroatoms. The molecule has 57 heavy (non-hydrogen) atoms. The van der Waals surface area contributed by atoms with E-state index in [9.17, 15) is 39.3 Å². The monoisotopic (exact) mass is 791 g/mol. The number of carbonyl (C=O) groups is 6. The van der Waals surface area contributed by atoms with E-state index in [1.807, 2.05) is 0 Å². The van der Waals surface area contributed by atoms with Crippen LogP contribution in [0.5, 0.6) is 0 Å². The lowest BCUT2D eigenvalue weighted by atomic mass is 9.44. The third-order valence-electron chi connectivity index (χ3n) is 12.5. The minimum atomic E-state index is -2.32. The van der Waals surface area contributed by atoms with Crippen molar-refractivity contribution in [2.24, 2.45) is 16.7 Å². The molecule has 0 spiro atoms. The van der Waals surface area contributed by atoms with Gasteiger partial charge in [0.25, 0.3) is 5.91 Å². The van der Waals surface area contributed by atoms with E-state index in [-0.39, 0.29) is 29.7 Å². The fraction of sp³-hybridized carbons (Fsp3) is 0.524. The summed E-state index contributed by atoms with van der Waals surface area (Å²) in [6.07, 6.45) is -10.2. The van der Waals surface area contributed by atoms with Crippen LogP contribution in [0.1, 0.15) is 83.3 Å². The molecule has 1 amide bonds. The van der Waals surface area contributed by atoms with Gasteiger partial charge in [-0.15, -0.1) is 0 Å². The van der Waals surface area contributed by atoms with Gasteiger partial charge in [0.05, 0.1) is 30.1 Å². The number of benzene rings is 2. The summed E-state index contributed by atoms with van der Waals surface area (Å²) in [7, 11) is 0. The second-order valence-corrected chi connectivity index (χ2v) is 16.2. The fourth-order valence-electron chi connectivity index (χ4n) is 9.60. The predicted molar refractivity (Wildman–Crippen MR) is 198 cm³/mol. The van der Waals surface area contributed by atoms with Crippen molar-refractivity contribution in [3.8, 4) is 0 Å². The SMILES string of the molecule is CC(=O)O[C@H]1C(=O)[C@@]2(C)C([C@H](OC(C)=O)[C@]3(O)C[C@H](OC(=O)[C@H](O)[C@@H](NC(=O)c4ccccc4)c4ccccc4)C(C)=C1C3(C)C)[C@]1(OC(C)=O)CO[C@@H]1C[C@@H]2O. The summed E-state index contributed by atoms with van der Waals surface area (Å²) in [6.45, 7) is 9.06. The van der Waals surface area contributed by atoms with Crippen LogP contribution < -0.4 is 5.32 Å². The molecule has 3 aliphatic carbocycles. The Labute approximate surface area is 329 Å². The molecule has 2 aromatic carbocycles. The zero-order valence-electron chi connectivity index (χ0n) is 32.8. The van der Waals surface area contributed by atoms with Gasteiger partial charge < -0.3 is 44.3 Å². The maximum absolute atomic E-state index is 15.2. The lowest BCUT2D eigenvalue weighted by molar-refractivity contribution is -0.347. The van der Waals surface area contributed by atoms with Crippen molar-refractivity contribution < 1.29 is 67.8 Å². The van der Waals surface area contributed by atoms with Gasteiger partial charge in [0, 0.05) is 44.6 Å². The van der Waals surface area contributed by atoms with Crippen molar-refractivity contribution in [3.05, 3.63) is 82.9 Å². The molecule has 4 aliphatic rings. The zero-order valence-corrected chi connectivity index (χ0v) is 32.8. The van der Waals surface area contributed by atoms with Crippen LogP contribution in [-0.4, -0.2) is 105 Å². The van der Waals surface area contributed by atoms with E-state index in [2.05, 4.69) is 5.32 Å². The van der Waals surface area contributed by atoms with Gasteiger partial charge in [-0.3, -0.25) is 24.0 Å². The highest BCUT2D eigenvalue weighted by Crippen LogP contribution is 2.64. The van der Waals surface area contributed by atoms with Gasteiger partial charge in [-0.2, -0.15) is 0 Å². The number of hydrogen-bond acceptors (Lipinski definition) is 14. The number of esters is 4. The standard InChI is InChI=1S/C42H49NO14/c1-21-27(56-38(51)32(48)31(25-14-10-8-11-15-25)43-37(50)26-16-12-9-13-17-26)19-42(52)36(55-23(3)45)34-40(7,28(47)18-29-41(34,20-53-29)57-24(4)46)35(49)33(54-22(2)44)30(21)39(42,5)6/h8-17,27-29,31-34,36,47-48,52H,18-20H2,1-7H3,(H,43,50)/t27-,28-,29+,31-,32+,33+,34?,36-,40+,41-,42+/m0/s1. The molecule has 3 fully saturated rings. The summed E-state index contributed by atoms with van der Waals surface area (Å²) < 4.78 is 29.5. The molecule has 6 rings (SSSR count). The molecule has 2 aromatic rings. The lowest BCUT2D eigenvalue weighted by Crippen LogP contribution is -2.82. The van der Waals surface area contributed by atoms with E-state index in [1.54, 1.807) is 74.5 Å². The summed E-state index contributed by atoms with van der Waals surface area (Å²) in [5.74, 6) is -6.68. The molecule has 1 unspecified atom stereocenters. The van der Waals surface area contributed by atoms with Crippen LogP contribution in [0.2, 0.25) is 0 Å². The number of nitrogens with one attached hydrogen (secondary N) is 1. The van der Waals surface area contributed by atoms with Crippen LogP contribution >= 0.6 is 0 Å². The summed E-state index contributed by atoms with van der Waals surface area (Å²) in [5.41, 5.74) is -6.82. The average Bonchev–Trinajstić information content (AvgIpc) is 3.15. The molecule has 306 valence electrons. The van der Waals surface area contributed by atoms with E-state index in [0.717, 1.165) is 20.8 Å². The number of carbonyl (C=O) groups excluding carboxylic acids is 6. The molecular weight excluding hydrogens is 742 g/mol. The first kappa shape index (κ1) is 41.7.